The largest absolute Gasteiger partial charge is 0.390 e. The van der Waals surface area contributed by atoms with E-state index in [-0.39, 0.29) is 22.9 Å². The lowest BCUT2D eigenvalue weighted by Crippen LogP contribution is -2.20. The number of hydrogen-bond acceptors (Lipinski definition) is 7. The zero-order valence-corrected chi connectivity index (χ0v) is 12.0. The Morgan fingerprint density at radius 1 is 1.55 bits per heavy atom. The van der Waals surface area contributed by atoms with Crippen LogP contribution in [0.25, 0.3) is 0 Å². The molecule has 0 saturated carbocycles. The van der Waals surface area contributed by atoms with E-state index in [2.05, 4.69) is 4.98 Å². The summed E-state index contributed by atoms with van der Waals surface area (Å²) in [5, 5.41) is 30.3. The summed E-state index contributed by atoms with van der Waals surface area (Å²) in [5.41, 5.74) is 0.403. The van der Waals surface area contributed by atoms with Gasteiger partial charge in [-0.25, -0.2) is 0 Å². The second-order valence-corrected chi connectivity index (χ2v) is 5.57. The minimum absolute atomic E-state index is 0.0593. The highest BCUT2D eigenvalue weighted by atomic mass is 32.2. The number of pyridine rings is 1. The topological polar surface area (TPSA) is 114 Å². The SMILES string of the molecule is CC(=O)SCCC(O)C(O)c1cc(C)c([N+](=O)[O-])cn1. The Labute approximate surface area is 120 Å². The van der Waals surface area contributed by atoms with E-state index < -0.39 is 17.1 Å². The molecule has 8 heteroatoms. The van der Waals surface area contributed by atoms with Crippen molar-refractivity contribution in [3.8, 4) is 0 Å². The summed E-state index contributed by atoms with van der Waals surface area (Å²) in [5.74, 6) is 0.388. The first kappa shape index (κ1) is 16.5. The van der Waals surface area contributed by atoms with Crippen LogP contribution in [0.5, 0.6) is 0 Å². The number of aliphatic hydroxyl groups is 2. The number of carbonyl (C=O) groups excluding carboxylic acids is 1. The summed E-state index contributed by atoms with van der Waals surface area (Å²) in [6.07, 6.45) is -1.02. The standard InChI is InChI=1S/C12H16N2O5S/c1-7-5-9(13-6-10(7)14(18)19)12(17)11(16)3-4-20-8(2)15/h5-6,11-12,16-17H,3-4H2,1-2H3. The lowest BCUT2D eigenvalue weighted by molar-refractivity contribution is -0.385. The number of aromatic nitrogens is 1. The summed E-state index contributed by atoms with van der Waals surface area (Å²) in [4.78, 5) is 24.7. The fourth-order valence-corrected chi connectivity index (χ4v) is 2.25. The minimum Gasteiger partial charge on any atom is -0.390 e. The van der Waals surface area contributed by atoms with Gasteiger partial charge in [-0.05, 0) is 19.4 Å². The van der Waals surface area contributed by atoms with Crippen molar-refractivity contribution in [2.75, 3.05) is 5.75 Å². The Balaban J connectivity index is 2.71. The molecule has 1 aromatic heterocycles. The van der Waals surface area contributed by atoms with E-state index in [1.807, 2.05) is 0 Å². The number of nitrogens with zero attached hydrogens (tertiary/aromatic N) is 2. The van der Waals surface area contributed by atoms with Gasteiger partial charge in [-0.1, -0.05) is 11.8 Å². The molecule has 0 aliphatic heterocycles. The molecule has 2 atom stereocenters. The monoisotopic (exact) mass is 300 g/mol. The van der Waals surface area contributed by atoms with E-state index in [0.717, 1.165) is 18.0 Å². The van der Waals surface area contributed by atoms with E-state index in [0.29, 0.717) is 11.3 Å². The zero-order chi connectivity index (χ0) is 15.3. The maximum atomic E-state index is 10.8. The van der Waals surface area contributed by atoms with Gasteiger partial charge in [-0.15, -0.1) is 0 Å². The summed E-state index contributed by atoms with van der Waals surface area (Å²) >= 11 is 1.06. The highest BCUT2D eigenvalue weighted by Gasteiger charge is 2.22. The average molecular weight is 300 g/mol. The quantitative estimate of drug-likeness (QED) is 0.602. The van der Waals surface area contributed by atoms with Crippen LogP contribution in [0.1, 0.15) is 30.7 Å². The normalized spacial score (nSPS) is 13.8. The van der Waals surface area contributed by atoms with Crippen molar-refractivity contribution in [3.63, 3.8) is 0 Å². The fraction of sp³-hybridized carbons (Fsp3) is 0.500. The maximum Gasteiger partial charge on any atom is 0.290 e. The van der Waals surface area contributed by atoms with E-state index in [1.54, 1.807) is 0 Å². The summed E-state index contributed by atoms with van der Waals surface area (Å²) in [6, 6.07) is 1.38. The van der Waals surface area contributed by atoms with Crippen molar-refractivity contribution in [2.45, 2.75) is 32.5 Å². The van der Waals surface area contributed by atoms with Crippen LogP contribution in [0.15, 0.2) is 12.3 Å². The van der Waals surface area contributed by atoms with Gasteiger partial charge in [0.2, 0.25) is 0 Å². The van der Waals surface area contributed by atoms with E-state index in [9.17, 15) is 25.1 Å². The van der Waals surface area contributed by atoms with E-state index in [4.69, 9.17) is 0 Å². The lowest BCUT2D eigenvalue weighted by atomic mass is 10.1. The number of rotatable bonds is 6. The minimum atomic E-state index is -1.23. The van der Waals surface area contributed by atoms with Crippen LogP contribution >= 0.6 is 11.8 Å². The molecule has 0 fully saturated rings. The van der Waals surface area contributed by atoms with Gasteiger partial charge in [0.25, 0.3) is 5.69 Å². The number of aryl methyl sites for hydroxylation is 1. The van der Waals surface area contributed by atoms with Gasteiger partial charge in [-0.2, -0.15) is 0 Å². The predicted molar refractivity (Wildman–Crippen MR) is 74.4 cm³/mol. The van der Waals surface area contributed by atoms with Crippen molar-refractivity contribution in [1.29, 1.82) is 0 Å². The molecule has 7 nitrogen and oxygen atoms in total. The number of carbonyl (C=O) groups is 1. The third-order valence-corrected chi connectivity index (χ3v) is 3.53. The van der Waals surface area contributed by atoms with Gasteiger partial charge in [-0.3, -0.25) is 19.9 Å². The molecule has 1 rings (SSSR count). The molecule has 0 amide bonds. The average Bonchev–Trinajstić information content (AvgIpc) is 2.36. The first-order chi connectivity index (χ1) is 9.32. The molecule has 0 aromatic carbocycles. The van der Waals surface area contributed by atoms with Gasteiger partial charge in [0.05, 0.1) is 16.7 Å². The predicted octanol–water partition coefficient (Wildman–Crippen LogP) is 1.36. The molecule has 0 spiro atoms. The highest BCUT2D eigenvalue weighted by molar-refractivity contribution is 8.13. The van der Waals surface area contributed by atoms with Crippen molar-refractivity contribution in [3.05, 3.63) is 33.6 Å². The maximum absolute atomic E-state index is 10.8. The third-order valence-electron chi connectivity index (χ3n) is 2.69. The highest BCUT2D eigenvalue weighted by Crippen LogP contribution is 2.23. The Morgan fingerprint density at radius 2 is 2.20 bits per heavy atom. The van der Waals surface area contributed by atoms with Crippen molar-refractivity contribution in [1.82, 2.24) is 4.98 Å². The van der Waals surface area contributed by atoms with Crippen molar-refractivity contribution >= 4 is 22.6 Å². The van der Waals surface area contributed by atoms with Crippen LogP contribution in [0, 0.1) is 17.0 Å². The van der Waals surface area contributed by atoms with E-state index >= 15 is 0 Å². The number of hydrogen-bond donors (Lipinski definition) is 2. The second kappa shape index (κ2) is 7.32. The Hall–Kier alpha value is -1.51. The molecule has 1 heterocycles. The van der Waals surface area contributed by atoms with Crippen LogP contribution in [-0.4, -0.2) is 37.1 Å². The number of thioether (sulfide) groups is 1. The third kappa shape index (κ3) is 4.55. The smallest absolute Gasteiger partial charge is 0.290 e. The molecule has 2 unspecified atom stereocenters. The first-order valence-corrected chi connectivity index (χ1v) is 6.92. The fourth-order valence-electron chi connectivity index (χ4n) is 1.60. The molecule has 2 N–H and O–H groups in total. The number of aliphatic hydroxyl groups excluding tert-OH is 2. The van der Waals surface area contributed by atoms with Gasteiger partial charge in [0.15, 0.2) is 5.12 Å². The Kier molecular flexibility index (Phi) is 6.05. The summed E-state index contributed by atoms with van der Waals surface area (Å²) < 4.78 is 0. The molecule has 20 heavy (non-hydrogen) atoms. The molecule has 0 aliphatic rings. The van der Waals surface area contributed by atoms with Crippen LogP contribution in [0.4, 0.5) is 5.69 Å². The van der Waals surface area contributed by atoms with Gasteiger partial charge >= 0.3 is 0 Å². The van der Waals surface area contributed by atoms with Crippen LogP contribution in [0.3, 0.4) is 0 Å². The Morgan fingerprint density at radius 3 is 2.70 bits per heavy atom. The summed E-state index contributed by atoms with van der Waals surface area (Å²) in [7, 11) is 0. The molecule has 0 saturated heterocycles. The van der Waals surface area contributed by atoms with Gasteiger partial charge in [0, 0.05) is 18.2 Å². The first-order valence-electron chi connectivity index (χ1n) is 5.93. The van der Waals surface area contributed by atoms with E-state index in [1.165, 1.54) is 19.9 Å². The second-order valence-electron chi connectivity index (χ2n) is 4.29. The molecule has 0 aliphatic carbocycles. The van der Waals surface area contributed by atoms with Crippen molar-refractivity contribution < 1.29 is 19.9 Å². The molecule has 110 valence electrons. The Bertz CT molecular complexity index is 509. The van der Waals surface area contributed by atoms with Crippen molar-refractivity contribution in [2.24, 2.45) is 0 Å². The molecule has 0 radical (unpaired) electrons. The molecular formula is C12H16N2O5S. The lowest BCUT2D eigenvalue weighted by Gasteiger charge is -2.17. The van der Waals surface area contributed by atoms with Crippen LogP contribution in [0.2, 0.25) is 0 Å². The molecule has 1 aromatic rings. The summed E-state index contributed by atoms with van der Waals surface area (Å²) in [6.45, 7) is 2.96. The van der Waals surface area contributed by atoms with Crippen LogP contribution < -0.4 is 0 Å². The zero-order valence-electron chi connectivity index (χ0n) is 11.1. The number of nitro groups is 1. The van der Waals surface area contributed by atoms with Crippen LogP contribution in [-0.2, 0) is 4.79 Å². The molecule has 0 bridgehead atoms. The van der Waals surface area contributed by atoms with Gasteiger partial charge < -0.3 is 10.2 Å². The molecular weight excluding hydrogens is 284 g/mol. The van der Waals surface area contributed by atoms with Gasteiger partial charge in [0.1, 0.15) is 12.3 Å².